The Hall–Kier alpha value is -2.16. The summed E-state index contributed by atoms with van der Waals surface area (Å²) in [7, 11) is 0. The van der Waals surface area contributed by atoms with E-state index in [0.29, 0.717) is 53.3 Å². The first-order valence-corrected chi connectivity index (χ1v) is 15.6. The molecule has 0 aromatic heterocycles. The second-order valence-corrected chi connectivity index (χ2v) is 14.5. The molecule has 0 heterocycles. The Morgan fingerprint density at radius 2 is 1.72 bits per heavy atom. The van der Waals surface area contributed by atoms with E-state index in [9.17, 15) is 9.59 Å². The summed E-state index contributed by atoms with van der Waals surface area (Å²) >= 11 is 0. The van der Waals surface area contributed by atoms with E-state index in [0.717, 1.165) is 25.7 Å². The van der Waals surface area contributed by atoms with Gasteiger partial charge in [-0.25, -0.2) is 4.79 Å². The molecular weight excluding hydrogens is 480 g/mol. The van der Waals surface area contributed by atoms with Crippen LogP contribution in [0.2, 0.25) is 0 Å². The van der Waals surface area contributed by atoms with Crippen LogP contribution in [0.25, 0.3) is 0 Å². The third kappa shape index (κ3) is 4.56. The number of hydrogen-bond donors (Lipinski definition) is 0. The lowest BCUT2D eigenvalue weighted by Gasteiger charge is -2.62. The fourth-order valence-corrected chi connectivity index (χ4v) is 9.17. The van der Waals surface area contributed by atoms with E-state index in [1.54, 1.807) is 0 Å². The van der Waals surface area contributed by atoms with Gasteiger partial charge >= 0.3 is 5.97 Å². The summed E-state index contributed by atoms with van der Waals surface area (Å²) in [5.74, 6) is 3.34. The van der Waals surface area contributed by atoms with Gasteiger partial charge in [0.25, 0.3) is 0 Å². The van der Waals surface area contributed by atoms with Gasteiger partial charge < -0.3 is 4.74 Å². The molecule has 3 saturated carbocycles. The predicted octanol–water partition coefficient (Wildman–Crippen LogP) is 8.84. The monoisotopic (exact) mass is 530 g/mol. The Kier molecular flexibility index (Phi) is 7.53. The summed E-state index contributed by atoms with van der Waals surface area (Å²) in [4.78, 5) is 27.1. The third-order valence-electron chi connectivity index (χ3n) is 12.3. The maximum absolute atomic E-state index is 14.4. The maximum atomic E-state index is 14.4. The van der Waals surface area contributed by atoms with Crippen molar-refractivity contribution < 1.29 is 14.3 Å². The predicted molar refractivity (Wildman–Crippen MR) is 158 cm³/mol. The molecule has 3 fully saturated rings. The molecule has 0 radical (unpaired) electrons. The number of rotatable bonds is 6. The number of benzene rings is 1. The Labute approximate surface area is 236 Å². The standard InChI is InChI=1S/C36H50O3/c1-23(2)24(3)13-14-25(4)29-17-18-30-31-16-15-27-21-28(39-33(38)26-11-9-8-10-12-26)19-20-35(27,6)36(31,7)32(37)22-34(29,30)5/h8-14,16,23-25,27-30H,15,17-22H2,1-7H3. The molecule has 39 heavy (non-hydrogen) atoms. The summed E-state index contributed by atoms with van der Waals surface area (Å²) in [6.07, 6.45) is 14.0. The Morgan fingerprint density at radius 3 is 2.41 bits per heavy atom. The first kappa shape index (κ1) is 28.4. The summed E-state index contributed by atoms with van der Waals surface area (Å²) in [6.45, 7) is 16.4. The number of carbonyl (C=O) groups excluding carboxylic acids is 2. The molecule has 1 aromatic carbocycles. The van der Waals surface area contributed by atoms with Crippen molar-refractivity contribution in [3.63, 3.8) is 0 Å². The van der Waals surface area contributed by atoms with E-state index >= 15 is 0 Å². The number of fused-ring (bicyclic) bond motifs is 5. The van der Waals surface area contributed by atoms with Crippen LogP contribution in [0.15, 0.2) is 54.1 Å². The minimum absolute atomic E-state index is 0.0405. The number of hydrogen-bond acceptors (Lipinski definition) is 3. The zero-order chi connectivity index (χ0) is 28.2. The lowest BCUT2D eigenvalue weighted by Crippen LogP contribution is -2.60. The molecule has 4 aliphatic rings. The number of allylic oxidation sites excluding steroid dienone is 4. The van der Waals surface area contributed by atoms with Crippen LogP contribution in [-0.2, 0) is 9.53 Å². The molecule has 1 aromatic rings. The van der Waals surface area contributed by atoms with E-state index in [1.807, 2.05) is 30.3 Å². The van der Waals surface area contributed by atoms with Gasteiger partial charge in [-0.05, 0) is 104 Å². The van der Waals surface area contributed by atoms with Crippen LogP contribution in [0.1, 0.15) is 104 Å². The quantitative estimate of drug-likeness (QED) is 0.272. The highest BCUT2D eigenvalue weighted by Crippen LogP contribution is 2.70. The molecule has 3 nitrogen and oxygen atoms in total. The average Bonchev–Trinajstić information content (AvgIpc) is 3.25. The molecule has 0 N–H and O–H groups in total. The van der Waals surface area contributed by atoms with Gasteiger partial charge in [-0.2, -0.15) is 0 Å². The first-order chi connectivity index (χ1) is 18.4. The maximum Gasteiger partial charge on any atom is 0.338 e. The van der Waals surface area contributed by atoms with Gasteiger partial charge in [0, 0.05) is 6.42 Å². The van der Waals surface area contributed by atoms with Crippen LogP contribution >= 0.6 is 0 Å². The first-order valence-electron chi connectivity index (χ1n) is 15.6. The SMILES string of the molecule is CC(C)C(C)C=CC(C)C1CCC2C3=CCC4CC(OC(=O)c5ccccc5)CCC4(C)C3(C)C(=O)CC21C. The van der Waals surface area contributed by atoms with Crippen molar-refractivity contribution in [3.8, 4) is 0 Å². The minimum atomic E-state index is -0.408. The summed E-state index contributed by atoms with van der Waals surface area (Å²) < 4.78 is 6.00. The van der Waals surface area contributed by atoms with Crippen LogP contribution in [0.4, 0.5) is 0 Å². The Bertz CT molecular complexity index is 1150. The summed E-state index contributed by atoms with van der Waals surface area (Å²) in [5, 5.41) is 0. The van der Waals surface area contributed by atoms with Gasteiger partial charge in [0.2, 0.25) is 0 Å². The van der Waals surface area contributed by atoms with Gasteiger partial charge in [-0.15, -0.1) is 0 Å². The van der Waals surface area contributed by atoms with Crippen molar-refractivity contribution >= 4 is 11.8 Å². The van der Waals surface area contributed by atoms with Crippen molar-refractivity contribution in [2.45, 2.75) is 99.5 Å². The normalized spacial score (nSPS) is 39.5. The van der Waals surface area contributed by atoms with E-state index in [-0.39, 0.29) is 22.9 Å². The van der Waals surface area contributed by atoms with Crippen LogP contribution in [-0.4, -0.2) is 17.9 Å². The second kappa shape index (κ2) is 10.3. The molecule has 0 spiro atoms. The van der Waals surface area contributed by atoms with E-state index < -0.39 is 5.41 Å². The fraction of sp³-hybridized carbons (Fsp3) is 0.667. The van der Waals surface area contributed by atoms with Crippen LogP contribution < -0.4 is 0 Å². The van der Waals surface area contributed by atoms with Crippen molar-refractivity contribution in [2.75, 3.05) is 0 Å². The van der Waals surface area contributed by atoms with Crippen LogP contribution in [0, 0.1) is 51.8 Å². The average molecular weight is 531 g/mol. The summed E-state index contributed by atoms with van der Waals surface area (Å²) in [6, 6.07) is 9.31. The van der Waals surface area contributed by atoms with E-state index in [4.69, 9.17) is 4.74 Å². The highest BCUT2D eigenvalue weighted by molar-refractivity contribution is 5.91. The minimum Gasteiger partial charge on any atom is -0.459 e. The van der Waals surface area contributed by atoms with E-state index in [2.05, 4.69) is 66.7 Å². The van der Waals surface area contributed by atoms with Gasteiger partial charge in [0.05, 0.1) is 11.0 Å². The molecular formula is C36H50O3. The van der Waals surface area contributed by atoms with E-state index in [1.165, 1.54) is 18.4 Å². The van der Waals surface area contributed by atoms with Crippen molar-refractivity contribution in [2.24, 2.45) is 51.8 Å². The van der Waals surface area contributed by atoms with Crippen molar-refractivity contribution in [1.29, 1.82) is 0 Å². The lowest BCUT2D eigenvalue weighted by molar-refractivity contribution is -0.151. The fourth-order valence-electron chi connectivity index (χ4n) is 9.17. The molecule has 4 aliphatic carbocycles. The molecule has 0 bridgehead atoms. The van der Waals surface area contributed by atoms with Crippen LogP contribution in [0.3, 0.4) is 0 Å². The largest absolute Gasteiger partial charge is 0.459 e. The molecule has 212 valence electrons. The van der Waals surface area contributed by atoms with Gasteiger partial charge in [0.1, 0.15) is 11.9 Å². The highest BCUT2D eigenvalue weighted by Gasteiger charge is 2.66. The zero-order valence-corrected chi connectivity index (χ0v) is 25.3. The zero-order valence-electron chi connectivity index (χ0n) is 25.3. The molecule has 0 aliphatic heterocycles. The van der Waals surface area contributed by atoms with Gasteiger partial charge in [-0.1, -0.05) is 83.5 Å². The molecule has 9 unspecified atom stereocenters. The number of esters is 1. The Balaban J connectivity index is 1.36. The smallest absolute Gasteiger partial charge is 0.338 e. The Morgan fingerprint density at radius 1 is 1.00 bits per heavy atom. The third-order valence-corrected chi connectivity index (χ3v) is 12.3. The molecule has 3 heteroatoms. The highest BCUT2D eigenvalue weighted by atomic mass is 16.5. The van der Waals surface area contributed by atoms with Gasteiger partial charge in [-0.3, -0.25) is 4.79 Å². The number of carbonyl (C=O) groups is 2. The van der Waals surface area contributed by atoms with Crippen molar-refractivity contribution in [1.82, 2.24) is 0 Å². The van der Waals surface area contributed by atoms with Crippen LogP contribution in [0.5, 0.6) is 0 Å². The van der Waals surface area contributed by atoms with Gasteiger partial charge in [0.15, 0.2) is 0 Å². The molecule has 0 amide bonds. The lowest BCUT2D eigenvalue weighted by atomic mass is 9.41. The van der Waals surface area contributed by atoms with Crippen molar-refractivity contribution in [3.05, 3.63) is 59.7 Å². The number of ether oxygens (including phenoxy) is 1. The molecule has 0 saturated heterocycles. The molecule has 9 atom stereocenters. The summed E-state index contributed by atoms with van der Waals surface area (Å²) in [5.41, 5.74) is 1.62. The number of Topliss-reactive ketones (excluding diaryl/α,β-unsaturated/α-hetero) is 1. The molecule has 5 rings (SSSR count). The topological polar surface area (TPSA) is 43.4 Å². The number of ketones is 1. The second-order valence-electron chi connectivity index (χ2n) is 14.5.